The Labute approximate surface area is 121 Å². The average molecular weight is 310 g/mol. The van der Waals surface area contributed by atoms with Gasteiger partial charge in [0.15, 0.2) is 11.6 Å². The van der Waals surface area contributed by atoms with E-state index in [0.29, 0.717) is 0 Å². The number of carbonyl (C=O) groups is 3. The van der Waals surface area contributed by atoms with Crippen LogP contribution in [-0.4, -0.2) is 80.7 Å². The van der Waals surface area contributed by atoms with Gasteiger partial charge in [0.25, 0.3) is 5.60 Å². The molecule has 0 aliphatic rings. The average Bonchev–Trinajstić information content (AvgIpc) is 2.42. The number of hydrogen-bond donors (Lipinski definition) is 5. The van der Waals surface area contributed by atoms with Crippen molar-refractivity contribution in [1.82, 2.24) is 0 Å². The summed E-state index contributed by atoms with van der Waals surface area (Å²) >= 11 is 0. The number of ether oxygens (including phenoxy) is 1. The van der Waals surface area contributed by atoms with Crippen LogP contribution in [-0.2, 0) is 19.1 Å². The van der Waals surface area contributed by atoms with E-state index in [1.165, 1.54) is 0 Å². The van der Waals surface area contributed by atoms with Crippen molar-refractivity contribution >= 4 is 17.5 Å². The summed E-state index contributed by atoms with van der Waals surface area (Å²) in [5.74, 6) is -2.54. The molecule has 1 atom stereocenters. The summed E-state index contributed by atoms with van der Waals surface area (Å²) in [5, 5.41) is 42.1. The molecule has 0 saturated carbocycles. The third kappa shape index (κ3) is 6.74. The number of Topliss-reactive ketones (excluding diaryl/α,β-unsaturated/α-hetero) is 2. The molecule has 0 amide bonds. The predicted molar refractivity (Wildman–Crippen MR) is 69.1 cm³/mol. The second-order valence-corrected chi connectivity index (χ2v) is 4.16. The third-order valence-corrected chi connectivity index (χ3v) is 2.41. The number of carbonyl (C=O) groups excluding carboxylic acids is 3. The predicted octanol–water partition coefficient (Wildman–Crippen LogP) is -2.85. The van der Waals surface area contributed by atoms with Crippen LogP contribution in [0.2, 0.25) is 0 Å². The van der Waals surface area contributed by atoms with Crippen LogP contribution in [0.4, 0.5) is 0 Å². The summed E-state index contributed by atoms with van der Waals surface area (Å²) in [6.45, 7) is 1.43. The topological polar surface area (TPSA) is 162 Å². The van der Waals surface area contributed by atoms with E-state index in [2.05, 4.69) is 4.74 Å². The molecule has 0 aliphatic carbocycles. The smallest absolute Gasteiger partial charge is 0.304 e. The zero-order valence-electron chi connectivity index (χ0n) is 12.1. The highest BCUT2D eigenvalue weighted by molar-refractivity contribution is 6.10. The van der Waals surface area contributed by atoms with Crippen molar-refractivity contribution in [2.45, 2.75) is 38.6 Å². The van der Waals surface area contributed by atoms with E-state index in [1.54, 1.807) is 0 Å². The first kappa shape index (κ1) is 21.9. The van der Waals surface area contributed by atoms with Crippen LogP contribution < -0.4 is 0 Å². The standard InChI is InChI=1S/C9H14O6.C3H8O3/c1-5(11)9(6(2)12,8(14)4-10)15-7(3)13;4-1-3(6)2-5/h8,10,14H,4H2,1-3H3;3-6H,1-2H2. The Balaban J connectivity index is 0. The zero-order valence-corrected chi connectivity index (χ0v) is 12.1. The second kappa shape index (κ2) is 10.4. The van der Waals surface area contributed by atoms with E-state index in [9.17, 15) is 19.5 Å². The maximum Gasteiger partial charge on any atom is 0.304 e. The summed E-state index contributed by atoms with van der Waals surface area (Å²) in [6.07, 6.45) is -2.71. The van der Waals surface area contributed by atoms with Gasteiger partial charge in [-0.2, -0.15) is 0 Å². The molecule has 0 bridgehead atoms. The van der Waals surface area contributed by atoms with Gasteiger partial charge in [0.1, 0.15) is 12.2 Å². The fourth-order valence-corrected chi connectivity index (χ4v) is 1.34. The molecule has 0 fully saturated rings. The first-order chi connectivity index (χ1) is 9.59. The molecular weight excluding hydrogens is 288 g/mol. The lowest BCUT2D eigenvalue weighted by Gasteiger charge is -2.31. The maximum absolute atomic E-state index is 11.3. The van der Waals surface area contributed by atoms with E-state index in [0.717, 1.165) is 20.8 Å². The molecule has 21 heavy (non-hydrogen) atoms. The number of aliphatic hydroxyl groups is 5. The van der Waals surface area contributed by atoms with E-state index in [1.807, 2.05) is 0 Å². The Morgan fingerprint density at radius 3 is 1.43 bits per heavy atom. The Morgan fingerprint density at radius 2 is 1.29 bits per heavy atom. The monoisotopic (exact) mass is 310 g/mol. The lowest BCUT2D eigenvalue weighted by molar-refractivity contribution is -0.184. The van der Waals surface area contributed by atoms with Gasteiger partial charge in [0.2, 0.25) is 0 Å². The summed E-state index contributed by atoms with van der Waals surface area (Å²) in [6, 6.07) is 0. The van der Waals surface area contributed by atoms with Crippen LogP contribution >= 0.6 is 0 Å². The Hall–Kier alpha value is -1.39. The molecule has 0 aliphatic heterocycles. The SMILES string of the molecule is CC(=O)OC(C(C)=O)(C(C)=O)C(O)CO.OCC(O)CO. The summed E-state index contributed by atoms with van der Waals surface area (Å²) in [4.78, 5) is 33.3. The van der Waals surface area contributed by atoms with Crippen LogP contribution in [0.3, 0.4) is 0 Å². The van der Waals surface area contributed by atoms with Gasteiger partial charge in [-0.25, -0.2) is 0 Å². The molecule has 0 saturated heterocycles. The van der Waals surface area contributed by atoms with Crippen molar-refractivity contribution < 1.29 is 44.7 Å². The highest BCUT2D eigenvalue weighted by Gasteiger charge is 2.50. The van der Waals surface area contributed by atoms with E-state index in [4.69, 9.17) is 20.4 Å². The molecule has 1 unspecified atom stereocenters. The minimum Gasteiger partial charge on any atom is -0.440 e. The van der Waals surface area contributed by atoms with Crippen molar-refractivity contribution in [3.8, 4) is 0 Å². The van der Waals surface area contributed by atoms with Gasteiger partial charge in [0, 0.05) is 6.92 Å². The van der Waals surface area contributed by atoms with Crippen molar-refractivity contribution in [2.24, 2.45) is 0 Å². The van der Waals surface area contributed by atoms with Crippen molar-refractivity contribution in [1.29, 1.82) is 0 Å². The van der Waals surface area contributed by atoms with Gasteiger partial charge in [0.05, 0.1) is 19.8 Å². The van der Waals surface area contributed by atoms with Crippen molar-refractivity contribution in [3.05, 3.63) is 0 Å². The quantitative estimate of drug-likeness (QED) is 0.246. The fourth-order valence-electron chi connectivity index (χ4n) is 1.34. The van der Waals surface area contributed by atoms with Gasteiger partial charge in [-0.3, -0.25) is 14.4 Å². The first-order valence-corrected chi connectivity index (χ1v) is 6.00. The van der Waals surface area contributed by atoms with Crippen LogP contribution in [0.1, 0.15) is 20.8 Å². The van der Waals surface area contributed by atoms with Gasteiger partial charge < -0.3 is 30.3 Å². The summed E-state index contributed by atoms with van der Waals surface area (Å²) in [7, 11) is 0. The number of ketones is 2. The molecule has 9 heteroatoms. The maximum atomic E-state index is 11.3. The van der Waals surface area contributed by atoms with E-state index in [-0.39, 0.29) is 13.2 Å². The van der Waals surface area contributed by atoms with Crippen LogP contribution in [0.25, 0.3) is 0 Å². The Bertz CT molecular complexity index is 335. The third-order valence-electron chi connectivity index (χ3n) is 2.41. The lowest BCUT2D eigenvalue weighted by atomic mass is 9.88. The van der Waals surface area contributed by atoms with E-state index >= 15 is 0 Å². The minimum atomic E-state index is -2.29. The highest BCUT2D eigenvalue weighted by Crippen LogP contribution is 2.20. The van der Waals surface area contributed by atoms with Gasteiger partial charge in [-0.15, -0.1) is 0 Å². The van der Waals surface area contributed by atoms with E-state index < -0.39 is 42.0 Å². The van der Waals surface area contributed by atoms with Crippen LogP contribution in [0, 0.1) is 0 Å². The second-order valence-electron chi connectivity index (χ2n) is 4.16. The molecule has 0 aromatic rings. The van der Waals surface area contributed by atoms with Crippen LogP contribution in [0.5, 0.6) is 0 Å². The molecule has 124 valence electrons. The van der Waals surface area contributed by atoms with Crippen LogP contribution in [0.15, 0.2) is 0 Å². The zero-order chi connectivity index (χ0) is 17.2. The first-order valence-electron chi connectivity index (χ1n) is 6.00. The summed E-state index contributed by atoms with van der Waals surface area (Å²) in [5.41, 5.74) is -2.29. The lowest BCUT2D eigenvalue weighted by Crippen LogP contribution is -2.58. The molecule has 0 heterocycles. The Kier molecular flexibility index (Phi) is 10.8. The fraction of sp³-hybridized carbons (Fsp3) is 0.750. The number of rotatable bonds is 7. The molecule has 0 spiro atoms. The minimum absolute atomic E-state index is 0.365. The molecule has 0 rings (SSSR count). The molecule has 5 N–H and O–H groups in total. The normalized spacial score (nSPS) is 12.2. The van der Waals surface area contributed by atoms with Crippen molar-refractivity contribution in [3.63, 3.8) is 0 Å². The molecular formula is C12H22O9. The molecule has 9 nitrogen and oxygen atoms in total. The number of aliphatic hydroxyl groups excluding tert-OH is 5. The molecule has 0 aromatic carbocycles. The Morgan fingerprint density at radius 1 is 0.905 bits per heavy atom. The summed E-state index contributed by atoms with van der Waals surface area (Å²) < 4.78 is 4.57. The van der Waals surface area contributed by atoms with Gasteiger partial charge in [-0.05, 0) is 13.8 Å². The van der Waals surface area contributed by atoms with Crippen molar-refractivity contribution in [2.75, 3.05) is 19.8 Å². The van der Waals surface area contributed by atoms with Gasteiger partial charge >= 0.3 is 5.97 Å². The largest absolute Gasteiger partial charge is 0.440 e. The number of hydrogen-bond acceptors (Lipinski definition) is 9. The highest BCUT2D eigenvalue weighted by atomic mass is 16.6. The van der Waals surface area contributed by atoms with Gasteiger partial charge in [-0.1, -0.05) is 0 Å². The molecule has 0 aromatic heterocycles. The molecule has 0 radical (unpaired) electrons. The number of esters is 1.